The van der Waals surface area contributed by atoms with Gasteiger partial charge in [0.05, 0.1) is 6.61 Å². The molecular weight excluding hydrogens is 338 g/mol. The molecule has 1 N–H and O–H groups in total. The molecule has 1 aliphatic heterocycles. The van der Waals surface area contributed by atoms with Crippen molar-refractivity contribution in [3.63, 3.8) is 0 Å². The van der Waals surface area contributed by atoms with Crippen LogP contribution in [0.5, 0.6) is 5.75 Å². The first kappa shape index (κ1) is 17.7. The fourth-order valence-electron chi connectivity index (χ4n) is 3.68. The molecule has 1 saturated heterocycles. The normalized spacial score (nSPS) is 17.3. The third-order valence-electron chi connectivity index (χ3n) is 4.99. The molecule has 1 aliphatic rings. The Labute approximate surface area is 159 Å². The molecule has 1 fully saturated rings. The van der Waals surface area contributed by atoms with Gasteiger partial charge in [0.25, 0.3) is 0 Å². The van der Waals surface area contributed by atoms with Gasteiger partial charge < -0.3 is 4.74 Å². The molecule has 0 spiro atoms. The molecule has 0 radical (unpaired) electrons. The zero-order valence-electron chi connectivity index (χ0n) is 15.6. The van der Waals surface area contributed by atoms with Gasteiger partial charge in [-0.15, -0.1) is 0 Å². The number of aromatic nitrogens is 4. The van der Waals surface area contributed by atoms with Gasteiger partial charge in [-0.1, -0.05) is 18.2 Å². The predicted octanol–water partition coefficient (Wildman–Crippen LogP) is 3.33. The first-order chi connectivity index (χ1) is 13.3. The molecule has 3 aromatic rings. The fourth-order valence-corrected chi connectivity index (χ4v) is 3.68. The highest BCUT2D eigenvalue weighted by Crippen LogP contribution is 2.25. The van der Waals surface area contributed by atoms with Crippen molar-refractivity contribution in [1.29, 1.82) is 0 Å². The lowest BCUT2D eigenvalue weighted by Crippen LogP contribution is -2.21. The second-order valence-corrected chi connectivity index (χ2v) is 6.98. The summed E-state index contributed by atoms with van der Waals surface area (Å²) in [4.78, 5) is 11.2. The number of nitrogens with one attached hydrogen (secondary N) is 1. The number of pyridine rings is 1. The molecule has 6 nitrogen and oxygen atoms in total. The van der Waals surface area contributed by atoms with Crippen LogP contribution >= 0.6 is 0 Å². The molecule has 0 aliphatic carbocycles. The van der Waals surface area contributed by atoms with E-state index in [0.29, 0.717) is 12.5 Å². The molecule has 27 heavy (non-hydrogen) atoms. The molecule has 1 unspecified atom stereocenters. The third kappa shape index (κ3) is 4.34. The average molecular weight is 363 g/mol. The molecule has 6 heteroatoms. The Morgan fingerprint density at radius 3 is 2.89 bits per heavy atom. The third-order valence-corrected chi connectivity index (χ3v) is 4.99. The lowest BCUT2D eigenvalue weighted by atomic mass is 10.0. The maximum Gasteiger partial charge on any atom is 0.181 e. The largest absolute Gasteiger partial charge is 0.494 e. The summed E-state index contributed by atoms with van der Waals surface area (Å²) in [7, 11) is 0. The van der Waals surface area contributed by atoms with Crippen molar-refractivity contribution < 1.29 is 4.74 Å². The van der Waals surface area contributed by atoms with E-state index in [2.05, 4.69) is 43.3 Å². The van der Waals surface area contributed by atoms with Gasteiger partial charge in [0.15, 0.2) is 5.82 Å². The molecule has 1 aromatic carbocycles. The van der Waals surface area contributed by atoms with Crippen molar-refractivity contribution >= 4 is 0 Å². The topological polar surface area (TPSA) is 66.9 Å². The first-order valence-electron chi connectivity index (χ1n) is 9.56. The Balaban J connectivity index is 1.35. The van der Waals surface area contributed by atoms with E-state index in [4.69, 9.17) is 4.74 Å². The predicted molar refractivity (Wildman–Crippen MR) is 104 cm³/mol. The van der Waals surface area contributed by atoms with Gasteiger partial charge in [-0.3, -0.25) is 15.0 Å². The Kier molecular flexibility index (Phi) is 5.44. The van der Waals surface area contributed by atoms with E-state index in [1.165, 1.54) is 12.0 Å². The molecule has 2 aromatic heterocycles. The van der Waals surface area contributed by atoms with Crippen LogP contribution in [0, 0.1) is 5.92 Å². The number of hydrogen-bond acceptors (Lipinski definition) is 5. The van der Waals surface area contributed by atoms with Crippen molar-refractivity contribution in [1.82, 2.24) is 25.1 Å². The van der Waals surface area contributed by atoms with Crippen molar-refractivity contribution in [2.75, 3.05) is 19.7 Å². The summed E-state index contributed by atoms with van der Waals surface area (Å²) in [5, 5.41) is 7.45. The first-order valence-corrected chi connectivity index (χ1v) is 9.56. The minimum absolute atomic E-state index is 0.600. The second kappa shape index (κ2) is 8.31. The Morgan fingerprint density at radius 2 is 2.04 bits per heavy atom. The van der Waals surface area contributed by atoms with E-state index in [0.717, 1.165) is 49.0 Å². The summed E-state index contributed by atoms with van der Waals surface area (Å²) in [6, 6.07) is 12.2. The van der Waals surface area contributed by atoms with Crippen LogP contribution in [-0.4, -0.2) is 44.8 Å². The number of aromatic amines is 1. The number of H-pyrrole nitrogens is 1. The summed E-state index contributed by atoms with van der Waals surface area (Å²) >= 11 is 0. The van der Waals surface area contributed by atoms with E-state index in [9.17, 15) is 0 Å². The van der Waals surface area contributed by atoms with Crippen LogP contribution < -0.4 is 4.74 Å². The van der Waals surface area contributed by atoms with Crippen molar-refractivity contribution in [3.05, 3.63) is 60.2 Å². The van der Waals surface area contributed by atoms with Gasteiger partial charge in [-0.05, 0) is 44.0 Å². The fraction of sp³-hybridized carbons (Fsp3) is 0.381. The van der Waals surface area contributed by atoms with E-state index in [1.54, 1.807) is 12.4 Å². The van der Waals surface area contributed by atoms with Crippen LogP contribution in [0.4, 0.5) is 0 Å². The molecule has 3 heterocycles. The zero-order valence-corrected chi connectivity index (χ0v) is 15.6. The molecule has 140 valence electrons. The maximum absolute atomic E-state index is 5.76. The number of ether oxygens (including phenoxy) is 1. The molecule has 1 atom stereocenters. The quantitative estimate of drug-likeness (QED) is 0.697. The number of likely N-dealkylation sites (tertiary alicyclic amines) is 1. The number of hydrogen-bond donors (Lipinski definition) is 1. The number of nitrogens with zero attached hydrogens (tertiary/aromatic N) is 4. The van der Waals surface area contributed by atoms with Crippen LogP contribution in [-0.2, 0) is 13.0 Å². The minimum Gasteiger partial charge on any atom is -0.494 e. The molecular formula is C21H25N5O. The van der Waals surface area contributed by atoms with Gasteiger partial charge in [0, 0.05) is 43.0 Å². The van der Waals surface area contributed by atoms with Crippen LogP contribution in [0.15, 0.2) is 48.8 Å². The van der Waals surface area contributed by atoms with Crippen LogP contribution in [0.2, 0.25) is 0 Å². The lowest BCUT2D eigenvalue weighted by molar-refractivity contribution is 0.296. The van der Waals surface area contributed by atoms with E-state index < -0.39 is 0 Å². The summed E-state index contributed by atoms with van der Waals surface area (Å²) in [6.45, 7) is 5.85. The Morgan fingerprint density at radius 1 is 1.19 bits per heavy atom. The van der Waals surface area contributed by atoms with E-state index in [1.807, 2.05) is 25.1 Å². The summed E-state index contributed by atoms with van der Waals surface area (Å²) in [6.07, 6.45) is 5.64. The molecule has 0 bridgehead atoms. The smallest absolute Gasteiger partial charge is 0.181 e. The van der Waals surface area contributed by atoms with Crippen LogP contribution in [0.3, 0.4) is 0 Å². The highest BCUT2D eigenvalue weighted by atomic mass is 16.5. The molecule has 0 saturated carbocycles. The maximum atomic E-state index is 5.76. The second-order valence-electron chi connectivity index (χ2n) is 6.98. The van der Waals surface area contributed by atoms with Gasteiger partial charge in [0.1, 0.15) is 11.6 Å². The van der Waals surface area contributed by atoms with Crippen LogP contribution in [0.25, 0.3) is 11.4 Å². The van der Waals surface area contributed by atoms with Gasteiger partial charge in [-0.25, -0.2) is 4.98 Å². The molecule has 0 amide bonds. The zero-order chi connectivity index (χ0) is 18.5. The Bertz CT molecular complexity index is 864. The lowest BCUT2D eigenvalue weighted by Gasteiger charge is -2.18. The monoisotopic (exact) mass is 363 g/mol. The van der Waals surface area contributed by atoms with Crippen LogP contribution in [0.1, 0.15) is 24.7 Å². The summed E-state index contributed by atoms with van der Waals surface area (Å²) in [5.41, 5.74) is 2.26. The van der Waals surface area contributed by atoms with E-state index >= 15 is 0 Å². The Hall–Kier alpha value is -2.73. The standard InChI is InChI=1S/C21H25N5O/c1-2-27-19-6-4-3-5-18(19)15-26-12-9-16(14-26)13-20-23-21(25-24-20)17-7-10-22-11-8-17/h3-8,10-11,16H,2,9,12-15H2,1H3,(H,23,24,25). The molecule has 4 rings (SSSR count). The van der Waals surface area contributed by atoms with Gasteiger partial charge >= 0.3 is 0 Å². The van der Waals surface area contributed by atoms with Gasteiger partial charge in [-0.2, -0.15) is 5.10 Å². The summed E-state index contributed by atoms with van der Waals surface area (Å²) < 4.78 is 5.76. The van der Waals surface area contributed by atoms with Crippen molar-refractivity contribution in [2.45, 2.75) is 26.3 Å². The number of benzene rings is 1. The highest BCUT2D eigenvalue weighted by Gasteiger charge is 2.24. The van der Waals surface area contributed by atoms with Crippen molar-refractivity contribution in [3.8, 4) is 17.1 Å². The highest BCUT2D eigenvalue weighted by molar-refractivity contribution is 5.52. The summed E-state index contributed by atoms with van der Waals surface area (Å²) in [5.74, 6) is 3.31. The van der Waals surface area contributed by atoms with Crippen molar-refractivity contribution in [2.24, 2.45) is 5.92 Å². The van der Waals surface area contributed by atoms with E-state index in [-0.39, 0.29) is 0 Å². The minimum atomic E-state index is 0.600. The number of para-hydroxylation sites is 1. The van der Waals surface area contributed by atoms with Gasteiger partial charge in [0.2, 0.25) is 0 Å². The number of rotatable bonds is 7. The SMILES string of the molecule is CCOc1ccccc1CN1CCC(Cc2nc(-c3ccncc3)n[nH]2)C1. The average Bonchev–Trinajstić information content (AvgIpc) is 3.34.